The van der Waals surface area contributed by atoms with E-state index >= 15 is 0 Å². The maximum atomic E-state index is 14.1. The van der Waals surface area contributed by atoms with Crippen LogP contribution in [0.15, 0.2) is 53.3 Å². The van der Waals surface area contributed by atoms with Gasteiger partial charge in [-0.2, -0.15) is 0 Å². The second-order valence-corrected chi connectivity index (χ2v) is 10.8. The number of aliphatic hydroxyl groups excluding tert-OH is 3. The maximum Gasteiger partial charge on any atom is 0.255 e. The van der Waals surface area contributed by atoms with E-state index in [0.717, 1.165) is 5.56 Å². The van der Waals surface area contributed by atoms with Crippen LogP contribution >= 0.6 is 0 Å². The van der Waals surface area contributed by atoms with Crippen molar-refractivity contribution in [1.29, 1.82) is 0 Å². The minimum absolute atomic E-state index is 0.0284. The van der Waals surface area contributed by atoms with E-state index in [2.05, 4.69) is 10.3 Å². The number of nitrogens with zero attached hydrogens (tertiary/aromatic N) is 3. The number of ketones is 2. The van der Waals surface area contributed by atoms with Gasteiger partial charge in [0, 0.05) is 44.3 Å². The van der Waals surface area contributed by atoms with Crippen molar-refractivity contribution in [2.24, 2.45) is 11.7 Å². The summed E-state index contributed by atoms with van der Waals surface area (Å²) < 4.78 is 0. The summed E-state index contributed by atoms with van der Waals surface area (Å²) in [7, 11) is 6.69. The molecular weight excluding hydrogens is 530 g/mol. The second-order valence-electron chi connectivity index (χ2n) is 10.8. The third-order valence-corrected chi connectivity index (χ3v) is 7.55. The molecule has 41 heavy (non-hydrogen) atoms. The molecule has 0 saturated carbocycles. The Labute approximate surface area is 237 Å². The van der Waals surface area contributed by atoms with Gasteiger partial charge in [0.1, 0.15) is 22.8 Å². The molecule has 3 atom stereocenters. The van der Waals surface area contributed by atoms with Crippen molar-refractivity contribution < 1.29 is 34.8 Å². The smallest absolute Gasteiger partial charge is 0.255 e. The molecule has 1 unspecified atom stereocenters. The molecular formula is C29H35N5O7. The number of aliphatic hydroxyl groups is 3. The van der Waals surface area contributed by atoms with Crippen LogP contribution in [0.4, 0.5) is 11.4 Å². The lowest BCUT2D eigenvalue weighted by Crippen LogP contribution is -2.45. The van der Waals surface area contributed by atoms with Gasteiger partial charge in [-0.05, 0) is 56.1 Å². The maximum absolute atomic E-state index is 14.1. The number of benzene rings is 1. The van der Waals surface area contributed by atoms with Gasteiger partial charge in [-0.3, -0.25) is 24.3 Å². The zero-order valence-corrected chi connectivity index (χ0v) is 23.4. The zero-order chi connectivity index (χ0) is 30.2. The van der Waals surface area contributed by atoms with E-state index in [0.29, 0.717) is 17.8 Å². The number of primary amides is 1. The first-order chi connectivity index (χ1) is 19.3. The first-order valence-electron chi connectivity index (χ1n) is 13.1. The second kappa shape index (κ2) is 11.6. The van der Waals surface area contributed by atoms with E-state index < -0.39 is 59.0 Å². The fraction of sp³-hybridized carbons (Fsp3) is 0.379. The Hall–Kier alpha value is -4.42. The van der Waals surface area contributed by atoms with Crippen molar-refractivity contribution in [1.82, 2.24) is 9.88 Å². The van der Waals surface area contributed by atoms with Gasteiger partial charge in [0.2, 0.25) is 0 Å². The SMILES string of the molecule is CN(C)c1cc(NCc2cccnc2)c(O)c2c1C[C@H]1C[C@H](O)C(N(C)C)/C(O)=C(/C(N)=O)C(=O)C/C(O)=C\1C2=O. The number of carbonyl (C=O) groups is 3. The number of aromatic hydroxyl groups is 1. The van der Waals surface area contributed by atoms with Crippen molar-refractivity contribution in [3.63, 3.8) is 0 Å². The van der Waals surface area contributed by atoms with E-state index in [1.165, 1.54) is 4.90 Å². The summed E-state index contributed by atoms with van der Waals surface area (Å²) in [6.07, 6.45) is 1.22. The average Bonchev–Trinajstić information content (AvgIpc) is 2.87. The molecule has 4 rings (SSSR count). The monoisotopic (exact) mass is 565 g/mol. The van der Waals surface area contributed by atoms with Crippen molar-refractivity contribution in [3.05, 3.63) is 69.9 Å². The van der Waals surface area contributed by atoms with Gasteiger partial charge in [0.25, 0.3) is 5.91 Å². The van der Waals surface area contributed by atoms with E-state index in [1.807, 2.05) is 6.07 Å². The molecule has 0 radical (unpaired) electrons. The molecule has 2 aliphatic carbocycles. The summed E-state index contributed by atoms with van der Waals surface area (Å²) in [5, 5.41) is 47.7. The topological polar surface area (TPSA) is 190 Å². The summed E-state index contributed by atoms with van der Waals surface area (Å²) in [6, 6.07) is 4.18. The highest BCUT2D eigenvalue weighted by molar-refractivity contribution is 6.20. The van der Waals surface area contributed by atoms with Crippen LogP contribution in [0.1, 0.15) is 34.3 Å². The number of carbonyl (C=O) groups excluding carboxylic acids is 3. The predicted octanol–water partition coefficient (Wildman–Crippen LogP) is 1.58. The zero-order valence-electron chi connectivity index (χ0n) is 23.4. The number of likely N-dealkylation sites (N-methyl/N-ethyl adjacent to an activating group) is 1. The Morgan fingerprint density at radius 3 is 2.46 bits per heavy atom. The lowest BCUT2D eigenvalue weighted by molar-refractivity contribution is -0.121. The van der Waals surface area contributed by atoms with E-state index in [-0.39, 0.29) is 35.4 Å². The number of phenolic OH excluding ortho intramolecular Hbond substituents is 1. The molecule has 2 aliphatic rings. The first-order valence-corrected chi connectivity index (χ1v) is 13.1. The van der Waals surface area contributed by atoms with Gasteiger partial charge in [-0.25, -0.2) is 0 Å². The molecule has 1 heterocycles. The van der Waals surface area contributed by atoms with E-state index in [9.17, 15) is 34.8 Å². The number of amides is 1. The molecule has 0 spiro atoms. The van der Waals surface area contributed by atoms with Crippen LogP contribution in [0, 0.1) is 5.92 Å². The number of fused-ring (bicyclic) bond motifs is 2. The quantitative estimate of drug-likeness (QED) is 0.220. The lowest BCUT2D eigenvalue weighted by Gasteiger charge is -2.36. The molecule has 1 aromatic carbocycles. The van der Waals surface area contributed by atoms with Crippen LogP contribution in [-0.2, 0) is 22.6 Å². The van der Waals surface area contributed by atoms with Crippen LogP contribution in [0.3, 0.4) is 0 Å². The number of anilines is 2. The summed E-state index contributed by atoms with van der Waals surface area (Å²) in [4.78, 5) is 46.6. The highest BCUT2D eigenvalue weighted by Gasteiger charge is 2.42. The van der Waals surface area contributed by atoms with Crippen LogP contribution in [0.25, 0.3) is 0 Å². The number of Topliss-reactive ketones (excluding diaryl/α,β-unsaturated/α-hetero) is 2. The molecule has 0 fully saturated rings. The fourth-order valence-electron chi connectivity index (χ4n) is 5.70. The number of aromatic nitrogens is 1. The molecule has 1 amide bonds. The van der Waals surface area contributed by atoms with Gasteiger partial charge in [-0.1, -0.05) is 6.07 Å². The number of hydrogen-bond acceptors (Lipinski definition) is 11. The lowest BCUT2D eigenvalue weighted by atomic mass is 9.73. The summed E-state index contributed by atoms with van der Waals surface area (Å²) in [5.41, 5.74) is 6.76. The van der Waals surface area contributed by atoms with Gasteiger partial charge < -0.3 is 36.4 Å². The first kappa shape index (κ1) is 29.6. The van der Waals surface area contributed by atoms with Crippen molar-refractivity contribution in [2.75, 3.05) is 38.4 Å². The standard InChI is InChI=1S/C29H35N5O7/c1-33(2)18-10-17(32-13-14-6-5-7-31-12-14)26(38)23-16(18)8-15-9-21(37)25(34(3)4)28(40)24(29(30)41)20(36)11-19(35)22(15)27(23)39/h5-7,10,12,15,21,25,32,35,37-38,40H,8-9,11,13H2,1-4H3,(H2,30,41)/b22-19-,28-24-/t15-,21-,25?/m0/s1. The number of nitrogens with two attached hydrogens (primary N) is 1. The Balaban J connectivity index is 1.86. The fourth-order valence-corrected chi connectivity index (χ4v) is 5.70. The highest BCUT2D eigenvalue weighted by atomic mass is 16.3. The number of pyridine rings is 1. The summed E-state index contributed by atoms with van der Waals surface area (Å²) in [6.45, 7) is 0.316. The third kappa shape index (κ3) is 5.61. The molecule has 12 nitrogen and oxygen atoms in total. The third-order valence-electron chi connectivity index (χ3n) is 7.55. The minimum Gasteiger partial charge on any atom is -0.511 e. The van der Waals surface area contributed by atoms with E-state index in [1.54, 1.807) is 57.6 Å². The van der Waals surface area contributed by atoms with Crippen molar-refractivity contribution in [3.8, 4) is 5.75 Å². The number of rotatable bonds is 6. The molecule has 0 aliphatic heterocycles. The van der Waals surface area contributed by atoms with Crippen molar-refractivity contribution in [2.45, 2.75) is 38.0 Å². The molecule has 2 aromatic rings. The van der Waals surface area contributed by atoms with Gasteiger partial charge in [-0.15, -0.1) is 0 Å². The average molecular weight is 566 g/mol. The van der Waals surface area contributed by atoms with Crippen molar-refractivity contribution >= 4 is 28.8 Å². The molecule has 0 saturated heterocycles. The summed E-state index contributed by atoms with van der Waals surface area (Å²) >= 11 is 0. The van der Waals surface area contributed by atoms with E-state index in [4.69, 9.17) is 5.73 Å². The summed E-state index contributed by atoms with van der Waals surface area (Å²) in [5.74, 6) is -5.32. The van der Waals surface area contributed by atoms with Gasteiger partial charge in [0.05, 0.1) is 29.8 Å². The molecule has 0 bridgehead atoms. The Morgan fingerprint density at radius 1 is 1.17 bits per heavy atom. The van der Waals surface area contributed by atoms with Crippen LogP contribution in [0.5, 0.6) is 5.75 Å². The Morgan fingerprint density at radius 2 is 1.88 bits per heavy atom. The number of allylic oxidation sites excluding steroid dienone is 2. The Bertz CT molecular complexity index is 1450. The molecule has 12 heteroatoms. The number of hydrogen-bond donors (Lipinski definition) is 6. The van der Waals surface area contributed by atoms with Crippen LogP contribution in [-0.4, -0.2) is 88.1 Å². The molecule has 7 N–H and O–H groups in total. The van der Waals surface area contributed by atoms with Crippen LogP contribution < -0.4 is 16.0 Å². The number of nitrogens with one attached hydrogen (secondary N) is 1. The van der Waals surface area contributed by atoms with Gasteiger partial charge >= 0.3 is 0 Å². The molecule has 218 valence electrons. The van der Waals surface area contributed by atoms with Gasteiger partial charge in [0.15, 0.2) is 11.6 Å². The molecule has 1 aromatic heterocycles. The normalized spacial score (nSPS) is 25.0. The number of phenols is 1. The predicted molar refractivity (Wildman–Crippen MR) is 152 cm³/mol. The largest absolute Gasteiger partial charge is 0.511 e. The Kier molecular flexibility index (Phi) is 8.36. The minimum atomic E-state index is -1.36. The highest BCUT2D eigenvalue weighted by Crippen LogP contribution is 2.46. The van der Waals surface area contributed by atoms with Crippen LogP contribution in [0.2, 0.25) is 0 Å².